The number of hydrogen-bond donors (Lipinski definition) is 0. The number of amides is 1. The van der Waals surface area contributed by atoms with Crippen LogP contribution in [0.15, 0.2) is 59.1 Å². The summed E-state index contributed by atoms with van der Waals surface area (Å²) in [5, 5.41) is 0. The van der Waals surface area contributed by atoms with E-state index in [1.807, 2.05) is 0 Å². The number of carbonyl (C=O) groups is 1. The SMILES string of the molecule is COc1ccc(Br)cc1-c1ccc(C(F)(F)F)cc1CN1C(=O)O[C@H](c2cc(C(F)(F)F)cc(C(F)(F)F)c2)[C@@H]1C. The molecule has 0 radical (unpaired) electrons. The molecule has 14 heteroatoms. The van der Waals surface area contributed by atoms with Gasteiger partial charge in [-0.25, -0.2) is 4.79 Å². The zero-order valence-corrected chi connectivity index (χ0v) is 22.6. The Hall–Kier alpha value is -3.42. The van der Waals surface area contributed by atoms with Gasteiger partial charge in [0.2, 0.25) is 0 Å². The number of methoxy groups -OCH3 is 1. The number of nitrogens with zero attached hydrogens (tertiary/aromatic N) is 1. The van der Waals surface area contributed by atoms with E-state index >= 15 is 0 Å². The summed E-state index contributed by atoms with van der Waals surface area (Å²) in [4.78, 5) is 13.8. The first kappa shape index (κ1) is 30.5. The molecule has 1 aliphatic heterocycles. The van der Waals surface area contributed by atoms with Gasteiger partial charge in [-0.05, 0) is 72.1 Å². The Labute approximate surface area is 235 Å². The molecule has 3 aromatic rings. The van der Waals surface area contributed by atoms with Crippen LogP contribution in [0.25, 0.3) is 11.1 Å². The maximum absolute atomic E-state index is 13.6. The highest BCUT2D eigenvalue weighted by molar-refractivity contribution is 9.10. The summed E-state index contributed by atoms with van der Waals surface area (Å²) in [7, 11) is 1.35. The van der Waals surface area contributed by atoms with E-state index in [0.29, 0.717) is 27.9 Å². The van der Waals surface area contributed by atoms with Crippen molar-refractivity contribution in [1.82, 2.24) is 4.90 Å². The molecule has 4 nitrogen and oxygen atoms in total. The van der Waals surface area contributed by atoms with Crippen molar-refractivity contribution in [2.75, 3.05) is 7.11 Å². The number of cyclic esters (lactones) is 1. The maximum atomic E-state index is 13.6. The van der Waals surface area contributed by atoms with Crippen molar-refractivity contribution in [1.29, 1.82) is 0 Å². The lowest BCUT2D eigenvalue weighted by Gasteiger charge is -2.24. The zero-order valence-electron chi connectivity index (χ0n) is 21.0. The fourth-order valence-electron chi connectivity index (χ4n) is 4.54. The van der Waals surface area contributed by atoms with E-state index in [0.717, 1.165) is 17.0 Å². The Morgan fingerprint density at radius 3 is 1.93 bits per heavy atom. The zero-order chi connectivity index (χ0) is 30.5. The fraction of sp³-hybridized carbons (Fsp3) is 0.296. The summed E-state index contributed by atoms with van der Waals surface area (Å²) >= 11 is 3.29. The van der Waals surface area contributed by atoms with Gasteiger partial charge in [0.1, 0.15) is 11.9 Å². The number of alkyl halides is 9. The third-order valence-corrected chi connectivity index (χ3v) is 7.05. The van der Waals surface area contributed by atoms with Crippen molar-refractivity contribution >= 4 is 22.0 Å². The molecule has 1 saturated heterocycles. The molecule has 0 saturated carbocycles. The fourth-order valence-corrected chi connectivity index (χ4v) is 4.90. The predicted octanol–water partition coefficient (Wildman–Crippen LogP) is 9.26. The van der Waals surface area contributed by atoms with Gasteiger partial charge in [0.25, 0.3) is 0 Å². The molecule has 4 rings (SSSR count). The van der Waals surface area contributed by atoms with Gasteiger partial charge in [0.15, 0.2) is 0 Å². The van der Waals surface area contributed by atoms with Crippen LogP contribution in [0.4, 0.5) is 44.3 Å². The van der Waals surface area contributed by atoms with Crippen molar-refractivity contribution in [3.63, 3.8) is 0 Å². The predicted molar refractivity (Wildman–Crippen MR) is 132 cm³/mol. The highest BCUT2D eigenvalue weighted by Crippen LogP contribution is 2.43. The first-order valence-electron chi connectivity index (χ1n) is 11.7. The topological polar surface area (TPSA) is 38.8 Å². The molecule has 2 atom stereocenters. The van der Waals surface area contributed by atoms with Crippen molar-refractivity contribution in [3.8, 4) is 16.9 Å². The van der Waals surface area contributed by atoms with Gasteiger partial charge in [-0.2, -0.15) is 39.5 Å². The van der Waals surface area contributed by atoms with Crippen molar-refractivity contribution in [2.45, 2.75) is 44.1 Å². The van der Waals surface area contributed by atoms with Crippen LogP contribution in [0.3, 0.4) is 0 Å². The van der Waals surface area contributed by atoms with E-state index in [1.54, 1.807) is 18.2 Å². The third kappa shape index (κ3) is 6.41. The summed E-state index contributed by atoms with van der Waals surface area (Å²) in [6.07, 6.45) is -17.7. The minimum Gasteiger partial charge on any atom is -0.496 e. The lowest BCUT2D eigenvalue weighted by molar-refractivity contribution is -0.143. The van der Waals surface area contributed by atoms with Gasteiger partial charge < -0.3 is 9.47 Å². The maximum Gasteiger partial charge on any atom is 0.416 e. The van der Waals surface area contributed by atoms with E-state index in [9.17, 15) is 44.3 Å². The quantitative estimate of drug-likeness (QED) is 0.257. The summed E-state index contributed by atoms with van der Waals surface area (Å²) in [6, 6.07) is 7.34. The molecule has 220 valence electrons. The number of benzene rings is 3. The average molecular weight is 656 g/mol. The number of halogens is 10. The summed E-state index contributed by atoms with van der Waals surface area (Å²) in [5.74, 6) is 0.299. The lowest BCUT2D eigenvalue weighted by atomic mass is 9.95. The summed E-state index contributed by atoms with van der Waals surface area (Å²) < 4.78 is 132. The van der Waals surface area contributed by atoms with E-state index in [-0.39, 0.29) is 17.2 Å². The van der Waals surface area contributed by atoms with Crippen LogP contribution in [0.2, 0.25) is 0 Å². The number of ether oxygens (including phenoxy) is 2. The first-order valence-corrected chi connectivity index (χ1v) is 12.5. The van der Waals surface area contributed by atoms with Gasteiger partial charge in [-0.1, -0.05) is 22.0 Å². The molecular formula is C27H19BrF9NO3. The average Bonchev–Trinajstić information content (AvgIpc) is 3.15. The van der Waals surface area contributed by atoms with E-state index in [4.69, 9.17) is 9.47 Å². The number of carbonyl (C=O) groups excluding carboxylic acids is 1. The van der Waals surface area contributed by atoms with Gasteiger partial charge in [0.05, 0.1) is 36.4 Å². The Bertz CT molecular complexity index is 1440. The van der Waals surface area contributed by atoms with Crippen molar-refractivity contribution in [2.24, 2.45) is 0 Å². The molecular weight excluding hydrogens is 637 g/mol. The van der Waals surface area contributed by atoms with Gasteiger partial charge in [-0.3, -0.25) is 4.90 Å². The molecule has 1 aliphatic rings. The third-order valence-electron chi connectivity index (χ3n) is 6.56. The molecule has 0 aliphatic carbocycles. The van der Waals surface area contributed by atoms with Crippen LogP contribution >= 0.6 is 15.9 Å². The Morgan fingerprint density at radius 1 is 0.805 bits per heavy atom. The van der Waals surface area contributed by atoms with Crippen molar-refractivity contribution in [3.05, 3.63) is 86.9 Å². The van der Waals surface area contributed by atoms with Gasteiger partial charge in [-0.15, -0.1) is 0 Å². The second-order valence-corrected chi connectivity index (χ2v) is 10.1. The van der Waals surface area contributed by atoms with Crippen LogP contribution in [0, 0.1) is 0 Å². The molecule has 0 unspecified atom stereocenters. The van der Waals surface area contributed by atoms with Crippen LogP contribution in [-0.2, 0) is 29.8 Å². The van der Waals surface area contributed by atoms with Crippen LogP contribution < -0.4 is 4.74 Å². The molecule has 41 heavy (non-hydrogen) atoms. The minimum absolute atomic E-state index is 0.0132. The minimum atomic E-state index is -5.13. The second-order valence-electron chi connectivity index (χ2n) is 9.23. The van der Waals surface area contributed by atoms with Gasteiger partial charge in [0, 0.05) is 10.0 Å². The highest BCUT2D eigenvalue weighted by atomic mass is 79.9. The first-order chi connectivity index (χ1) is 18.9. The van der Waals surface area contributed by atoms with Gasteiger partial charge >= 0.3 is 24.6 Å². The largest absolute Gasteiger partial charge is 0.496 e. The normalized spacial score (nSPS) is 18.0. The monoisotopic (exact) mass is 655 g/mol. The smallest absolute Gasteiger partial charge is 0.416 e. The van der Waals surface area contributed by atoms with E-state index < -0.39 is 65.6 Å². The Morgan fingerprint density at radius 2 is 1.39 bits per heavy atom. The second kappa shape index (κ2) is 10.8. The van der Waals surface area contributed by atoms with Crippen LogP contribution in [0.5, 0.6) is 5.75 Å². The summed E-state index contributed by atoms with van der Waals surface area (Å²) in [5.41, 5.74) is -4.17. The molecule has 1 amide bonds. The number of hydrogen-bond acceptors (Lipinski definition) is 3. The lowest BCUT2D eigenvalue weighted by Crippen LogP contribution is -2.32. The molecule has 0 aromatic heterocycles. The van der Waals surface area contributed by atoms with Crippen LogP contribution in [0.1, 0.15) is 40.8 Å². The molecule has 0 N–H and O–H groups in total. The standard InChI is InChI=1S/C27H19BrF9NO3/c1-13-23(14-7-17(26(32,33)34)10-18(8-14)27(35,36)37)41-24(39)38(13)12-15-9-16(25(29,30)31)3-5-20(15)21-11-19(28)4-6-22(21)40-2/h3-11,13,23H,12H2,1-2H3/t13-,23-/m0/s1. The molecule has 3 aromatic carbocycles. The molecule has 0 bridgehead atoms. The molecule has 0 spiro atoms. The highest BCUT2D eigenvalue weighted by Gasteiger charge is 2.43. The Kier molecular flexibility index (Phi) is 8.02. The number of rotatable bonds is 5. The Balaban J connectivity index is 1.78. The molecule has 1 fully saturated rings. The van der Waals surface area contributed by atoms with E-state index in [2.05, 4.69) is 15.9 Å². The summed E-state index contributed by atoms with van der Waals surface area (Å²) in [6.45, 7) is 0.812. The molecule has 1 heterocycles. The van der Waals surface area contributed by atoms with E-state index in [1.165, 1.54) is 20.1 Å². The van der Waals surface area contributed by atoms with Crippen LogP contribution in [-0.4, -0.2) is 24.1 Å². The van der Waals surface area contributed by atoms with Crippen molar-refractivity contribution < 1.29 is 53.8 Å².